The van der Waals surface area contributed by atoms with Gasteiger partial charge >= 0.3 is 0 Å². The number of benzene rings is 1. The Kier molecular flexibility index (Phi) is 7.00. The quantitative estimate of drug-likeness (QED) is 0.708. The van der Waals surface area contributed by atoms with Gasteiger partial charge in [-0.15, -0.1) is 0 Å². The second-order valence-corrected chi connectivity index (χ2v) is 5.63. The van der Waals surface area contributed by atoms with Crippen LogP contribution in [0.3, 0.4) is 0 Å². The van der Waals surface area contributed by atoms with Gasteiger partial charge in [-0.05, 0) is 32.5 Å². The minimum absolute atomic E-state index is 0.551. The normalized spacial score (nSPS) is 18.3. The lowest BCUT2D eigenvalue weighted by molar-refractivity contribution is 0.146. The predicted molar refractivity (Wildman–Crippen MR) is 85.8 cm³/mol. The van der Waals surface area contributed by atoms with E-state index in [0.717, 1.165) is 58.0 Å². The van der Waals surface area contributed by atoms with Crippen LogP contribution in [0.1, 0.15) is 25.3 Å². The van der Waals surface area contributed by atoms with E-state index in [1.54, 1.807) is 0 Å². The average Bonchev–Trinajstić information content (AvgIpc) is 3.03. The molecule has 1 N–H and O–H groups in total. The lowest BCUT2D eigenvalue weighted by Crippen LogP contribution is -2.35. The van der Waals surface area contributed by atoms with E-state index in [9.17, 15) is 0 Å². The Morgan fingerprint density at radius 1 is 1.38 bits per heavy atom. The molecule has 0 radical (unpaired) electrons. The highest BCUT2D eigenvalue weighted by Crippen LogP contribution is 2.18. The summed E-state index contributed by atoms with van der Waals surface area (Å²) >= 11 is 0. The summed E-state index contributed by atoms with van der Waals surface area (Å²) in [6.07, 6.45) is 2.28. The molecule has 0 aliphatic carbocycles. The van der Waals surface area contributed by atoms with E-state index in [0.29, 0.717) is 6.04 Å². The number of para-hydroxylation sites is 1. The minimum Gasteiger partial charge on any atom is -0.492 e. The van der Waals surface area contributed by atoms with Crippen molar-refractivity contribution < 1.29 is 9.47 Å². The maximum atomic E-state index is 5.98. The monoisotopic (exact) mass is 292 g/mol. The van der Waals surface area contributed by atoms with Crippen LogP contribution in [0.4, 0.5) is 0 Å². The van der Waals surface area contributed by atoms with Gasteiger partial charge in [-0.25, -0.2) is 0 Å². The Morgan fingerprint density at radius 2 is 2.24 bits per heavy atom. The summed E-state index contributed by atoms with van der Waals surface area (Å²) in [5.74, 6) is 0.997. The maximum absolute atomic E-state index is 5.98. The lowest BCUT2D eigenvalue weighted by Gasteiger charge is -2.23. The summed E-state index contributed by atoms with van der Waals surface area (Å²) in [7, 11) is 2.15. The molecule has 0 bridgehead atoms. The number of ether oxygens (including phenoxy) is 2. The molecule has 0 saturated carbocycles. The summed E-state index contributed by atoms with van der Waals surface area (Å²) < 4.78 is 11.4. The first-order chi connectivity index (χ1) is 10.3. The molecule has 0 aromatic heterocycles. The van der Waals surface area contributed by atoms with Gasteiger partial charge in [0.1, 0.15) is 12.4 Å². The highest BCUT2D eigenvalue weighted by Gasteiger charge is 2.19. The molecule has 0 amide bonds. The van der Waals surface area contributed by atoms with Gasteiger partial charge in [-0.1, -0.05) is 25.1 Å². The van der Waals surface area contributed by atoms with E-state index in [1.165, 1.54) is 5.56 Å². The zero-order chi connectivity index (χ0) is 14.9. The summed E-state index contributed by atoms with van der Waals surface area (Å²) in [6.45, 7) is 7.49. The van der Waals surface area contributed by atoms with Crippen molar-refractivity contribution in [2.75, 3.05) is 40.0 Å². The van der Waals surface area contributed by atoms with Crippen molar-refractivity contribution in [3.63, 3.8) is 0 Å². The molecule has 2 rings (SSSR count). The SMILES string of the molecule is CCCNCc1ccccc1OCCN(C)C1CCOC1. The van der Waals surface area contributed by atoms with Crippen LogP contribution >= 0.6 is 0 Å². The van der Waals surface area contributed by atoms with Gasteiger partial charge in [0.05, 0.1) is 6.61 Å². The van der Waals surface area contributed by atoms with Crippen LogP contribution < -0.4 is 10.1 Å². The molecule has 4 nitrogen and oxygen atoms in total. The summed E-state index contributed by atoms with van der Waals surface area (Å²) in [5, 5.41) is 3.43. The number of nitrogens with zero attached hydrogens (tertiary/aromatic N) is 1. The third-order valence-electron chi connectivity index (χ3n) is 3.95. The Hall–Kier alpha value is -1.10. The maximum Gasteiger partial charge on any atom is 0.123 e. The fraction of sp³-hybridized carbons (Fsp3) is 0.647. The van der Waals surface area contributed by atoms with Crippen molar-refractivity contribution in [2.45, 2.75) is 32.4 Å². The highest BCUT2D eigenvalue weighted by atomic mass is 16.5. The van der Waals surface area contributed by atoms with E-state index in [-0.39, 0.29) is 0 Å². The second-order valence-electron chi connectivity index (χ2n) is 5.63. The molecule has 1 saturated heterocycles. The minimum atomic E-state index is 0.551. The van der Waals surface area contributed by atoms with Gasteiger partial charge < -0.3 is 14.8 Å². The van der Waals surface area contributed by atoms with E-state index in [1.807, 2.05) is 6.07 Å². The van der Waals surface area contributed by atoms with Gasteiger partial charge in [0.2, 0.25) is 0 Å². The smallest absolute Gasteiger partial charge is 0.123 e. The molecule has 1 aromatic carbocycles. The third-order valence-corrected chi connectivity index (χ3v) is 3.95. The van der Waals surface area contributed by atoms with Crippen LogP contribution in [0.5, 0.6) is 5.75 Å². The van der Waals surface area contributed by atoms with Crippen molar-refractivity contribution >= 4 is 0 Å². The Morgan fingerprint density at radius 3 is 3.00 bits per heavy atom. The zero-order valence-electron chi connectivity index (χ0n) is 13.3. The Labute approximate surface area is 128 Å². The Balaban J connectivity index is 1.76. The van der Waals surface area contributed by atoms with Gasteiger partial charge in [-0.3, -0.25) is 4.90 Å². The lowest BCUT2D eigenvalue weighted by atomic mass is 10.2. The molecule has 1 atom stereocenters. The molecular formula is C17H28N2O2. The summed E-state index contributed by atoms with van der Waals surface area (Å²) in [4.78, 5) is 2.34. The fourth-order valence-corrected chi connectivity index (χ4v) is 2.54. The first-order valence-electron chi connectivity index (χ1n) is 8.00. The number of hydrogen-bond acceptors (Lipinski definition) is 4. The molecule has 118 valence electrons. The molecule has 1 aliphatic heterocycles. The summed E-state index contributed by atoms with van der Waals surface area (Å²) in [6, 6.07) is 8.84. The highest BCUT2D eigenvalue weighted by molar-refractivity contribution is 5.33. The van der Waals surface area contributed by atoms with Gasteiger partial charge in [-0.2, -0.15) is 0 Å². The standard InChI is InChI=1S/C17H28N2O2/c1-3-9-18-13-15-6-4-5-7-17(15)21-12-10-19(2)16-8-11-20-14-16/h4-7,16,18H,3,8-14H2,1-2H3. The van der Waals surface area contributed by atoms with Crippen molar-refractivity contribution in [3.8, 4) is 5.75 Å². The van der Waals surface area contributed by atoms with Crippen molar-refractivity contribution in [2.24, 2.45) is 0 Å². The van der Waals surface area contributed by atoms with E-state index < -0.39 is 0 Å². The van der Waals surface area contributed by atoms with Gasteiger partial charge in [0.25, 0.3) is 0 Å². The predicted octanol–water partition coefficient (Wildman–Crippen LogP) is 2.29. The summed E-state index contributed by atoms with van der Waals surface area (Å²) in [5.41, 5.74) is 1.23. The molecule has 1 aromatic rings. The van der Waals surface area contributed by atoms with Crippen molar-refractivity contribution in [1.29, 1.82) is 0 Å². The van der Waals surface area contributed by atoms with Crippen LogP contribution in [0.2, 0.25) is 0 Å². The fourth-order valence-electron chi connectivity index (χ4n) is 2.54. The number of hydrogen-bond donors (Lipinski definition) is 1. The van der Waals surface area contributed by atoms with Crippen LogP contribution in [-0.2, 0) is 11.3 Å². The largest absolute Gasteiger partial charge is 0.492 e. The first-order valence-corrected chi connectivity index (χ1v) is 8.00. The molecule has 21 heavy (non-hydrogen) atoms. The zero-order valence-corrected chi connectivity index (χ0v) is 13.3. The third kappa shape index (κ3) is 5.30. The topological polar surface area (TPSA) is 33.7 Å². The van der Waals surface area contributed by atoms with Crippen molar-refractivity contribution in [1.82, 2.24) is 10.2 Å². The van der Waals surface area contributed by atoms with Gasteiger partial charge in [0.15, 0.2) is 0 Å². The van der Waals surface area contributed by atoms with E-state index in [2.05, 4.69) is 42.4 Å². The molecule has 1 aliphatic rings. The average molecular weight is 292 g/mol. The first kappa shape index (κ1) is 16.3. The molecule has 4 heteroatoms. The molecule has 0 spiro atoms. The van der Waals surface area contributed by atoms with Crippen LogP contribution in [-0.4, -0.2) is 50.9 Å². The van der Waals surface area contributed by atoms with Crippen LogP contribution in [0, 0.1) is 0 Å². The van der Waals surface area contributed by atoms with Crippen LogP contribution in [0.15, 0.2) is 24.3 Å². The molecule has 1 unspecified atom stereocenters. The van der Waals surface area contributed by atoms with Crippen LogP contribution in [0.25, 0.3) is 0 Å². The Bertz CT molecular complexity index is 406. The van der Waals surface area contributed by atoms with Crippen molar-refractivity contribution in [3.05, 3.63) is 29.8 Å². The molecule has 1 heterocycles. The number of likely N-dealkylation sites (N-methyl/N-ethyl adjacent to an activating group) is 1. The number of nitrogens with one attached hydrogen (secondary N) is 1. The number of rotatable bonds is 9. The molecule has 1 fully saturated rings. The van der Waals surface area contributed by atoms with E-state index >= 15 is 0 Å². The molecular weight excluding hydrogens is 264 g/mol. The van der Waals surface area contributed by atoms with Gasteiger partial charge in [0, 0.05) is 31.3 Å². The second kappa shape index (κ2) is 9.03. The van der Waals surface area contributed by atoms with E-state index in [4.69, 9.17) is 9.47 Å².